The molecule has 1 N–H and O–H groups in total. The second kappa shape index (κ2) is 6.16. The minimum absolute atomic E-state index is 0.146. The van der Waals surface area contributed by atoms with E-state index in [0.717, 1.165) is 12.7 Å². The van der Waals surface area contributed by atoms with E-state index in [-0.39, 0.29) is 16.4 Å². The number of nitro groups is 1. The van der Waals surface area contributed by atoms with Crippen molar-refractivity contribution in [3.63, 3.8) is 0 Å². The summed E-state index contributed by atoms with van der Waals surface area (Å²) in [6.45, 7) is 1.59. The molecule has 5 nitrogen and oxygen atoms in total. The van der Waals surface area contributed by atoms with Gasteiger partial charge in [-0.25, -0.2) is 4.39 Å². The van der Waals surface area contributed by atoms with Crippen LogP contribution in [0.1, 0.15) is 12.8 Å². The third-order valence-electron chi connectivity index (χ3n) is 2.85. The number of nitrogens with one attached hydrogen (secondary N) is 1. The van der Waals surface area contributed by atoms with Crippen LogP contribution in [0, 0.1) is 21.8 Å². The van der Waals surface area contributed by atoms with Crippen molar-refractivity contribution in [1.82, 2.24) is 0 Å². The van der Waals surface area contributed by atoms with Gasteiger partial charge in [-0.05, 0) is 24.8 Å². The SMILES string of the molecule is O=[N+]([O-])c1cc(F)c(Cl)cc1NCCOCC1CC1. The Labute approximate surface area is 114 Å². The van der Waals surface area contributed by atoms with Crippen LogP contribution in [0.25, 0.3) is 0 Å². The van der Waals surface area contributed by atoms with Gasteiger partial charge in [-0.3, -0.25) is 10.1 Å². The van der Waals surface area contributed by atoms with E-state index in [2.05, 4.69) is 5.32 Å². The van der Waals surface area contributed by atoms with Crippen molar-refractivity contribution in [1.29, 1.82) is 0 Å². The van der Waals surface area contributed by atoms with Crippen LogP contribution < -0.4 is 5.32 Å². The second-order valence-electron chi connectivity index (χ2n) is 4.49. The number of anilines is 1. The van der Waals surface area contributed by atoms with E-state index >= 15 is 0 Å². The van der Waals surface area contributed by atoms with Crippen molar-refractivity contribution in [2.45, 2.75) is 12.8 Å². The van der Waals surface area contributed by atoms with Crippen molar-refractivity contribution < 1.29 is 14.1 Å². The molecule has 19 heavy (non-hydrogen) atoms. The molecule has 1 aromatic carbocycles. The van der Waals surface area contributed by atoms with Gasteiger partial charge in [0.15, 0.2) is 0 Å². The van der Waals surface area contributed by atoms with Crippen LogP contribution in [0.4, 0.5) is 15.8 Å². The first-order valence-electron chi connectivity index (χ1n) is 6.03. The third-order valence-corrected chi connectivity index (χ3v) is 3.14. The number of nitro benzene ring substituents is 1. The molecule has 0 aliphatic heterocycles. The summed E-state index contributed by atoms with van der Waals surface area (Å²) in [7, 11) is 0. The first kappa shape index (κ1) is 14.0. The Kier molecular flexibility index (Phi) is 4.55. The molecule has 0 atom stereocenters. The van der Waals surface area contributed by atoms with E-state index in [1.54, 1.807) is 0 Å². The summed E-state index contributed by atoms with van der Waals surface area (Å²) in [6.07, 6.45) is 2.43. The molecule has 0 bridgehead atoms. The predicted octanol–water partition coefficient (Wildman–Crippen LogP) is 3.23. The lowest BCUT2D eigenvalue weighted by molar-refractivity contribution is -0.384. The zero-order valence-electron chi connectivity index (χ0n) is 10.2. The fourth-order valence-corrected chi connectivity index (χ4v) is 1.79. The molecule has 1 aromatic rings. The van der Waals surface area contributed by atoms with E-state index in [4.69, 9.17) is 16.3 Å². The molecule has 0 aromatic heterocycles. The lowest BCUT2D eigenvalue weighted by Gasteiger charge is -2.08. The Hall–Kier alpha value is -1.40. The van der Waals surface area contributed by atoms with Gasteiger partial charge < -0.3 is 10.1 Å². The van der Waals surface area contributed by atoms with E-state index in [0.29, 0.717) is 19.1 Å². The smallest absolute Gasteiger partial charge is 0.295 e. The number of hydrogen-bond donors (Lipinski definition) is 1. The van der Waals surface area contributed by atoms with E-state index in [1.807, 2.05) is 0 Å². The lowest BCUT2D eigenvalue weighted by atomic mass is 10.2. The van der Waals surface area contributed by atoms with Gasteiger partial charge in [-0.15, -0.1) is 0 Å². The van der Waals surface area contributed by atoms with Crippen molar-refractivity contribution >= 4 is 23.0 Å². The maximum atomic E-state index is 13.2. The van der Waals surface area contributed by atoms with Gasteiger partial charge in [0.2, 0.25) is 0 Å². The average molecular weight is 289 g/mol. The molecule has 104 valence electrons. The highest BCUT2D eigenvalue weighted by Crippen LogP contribution is 2.30. The molecule has 0 saturated heterocycles. The van der Waals surface area contributed by atoms with Gasteiger partial charge in [0.05, 0.1) is 22.6 Å². The van der Waals surface area contributed by atoms with Gasteiger partial charge in [-0.1, -0.05) is 11.6 Å². The summed E-state index contributed by atoms with van der Waals surface area (Å²) >= 11 is 5.61. The summed E-state index contributed by atoms with van der Waals surface area (Å²) < 4.78 is 18.6. The minimum atomic E-state index is -0.802. The zero-order valence-corrected chi connectivity index (χ0v) is 11.0. The molecular weight excluding hydrogens is 275 g/mol. The molecule has 0 unspecified atom stereocenters. The third kappa shape index (κ3) is 4.04. The Morgan fingerprint density at radius 1 is 1.53 bits per heavy atom. The highest BCUT2D eigenvalue weighted by Gasteiger charge is 2.21. The summed E-state index contributed by atoms with van der Waals surface area (Å²) in [5.41, 5.74) is -0.129. The highest BCUT2D eigenvalue weighted by atomic mass is 35.5. The van der Waals surface area contributed by atoms with Crippen LogP contribution in [0.3, 0.4) is 0 Å². The van der Waals surface area contributed by atoms with Gasteiger partial charge in [-0.2, -0.15) is 0 Å². The normalized spacial score (nSPS) is 14.4. The predicted molar refractivity (Wildman–Crippen MR) is 70.1 cm³/mol. The van der Waals surface area contributed by atoms with Gasteiger partial charge >= 0.3 is 0 Å². The monoisotopic (exact) mass is 288 g/mol. The summed E-state index contributed by atoms with van der Waals surface area (Å²) in [6, 6.07) is 2.03. The molecular formula is C12H14ClFN2O3. The van der Waals surface area contributed by atoms with E-state index in [1.165, 1.54) is 18.9 Å². The van der Waals surface area contributed by atoms with Crippen LogP contribution in [-0.2, 0) is 4.74 Å². The molecule has 0 heterocycles. The zero-order chi connectivity index (χ0) is 13.8. The molecule has 1 aliphatic carbocycles. The number of hydrogen-bond acceptors (Lipinski definition) is 4. The van der Waals surface area contributed by atoms with E-state index < -0.39 is 10.7 Å². The topological polar surface area (TPSA) is 64.4 Å². The Morgan fingerprint density at radius 3 is 2.89 bits per heavy atom. The molecule has 7 heteroatoms. The molecule has 0 spiro atoms. The molecule has 0 amide bonds. The molecule has 0 radical (unpaired) electrons. The lowest BCUT2D eigenvalue weighted by Crippen LogP contribution is -2.12. The fourth-order valence-electron chi connectivity index (χ4n) is 1.62. The molecule has 1 aliphatic rings. The van der Waals surface area contributed by atoms with Gasteiger partial charge in [0, 0.05) is 13.2 Å². The Balaban J connectivity index is 1.89. The fraction of sp³-hybridized carbons (Fsp3) is 0.500. The van der Waals surface area contributed by atoms with Crippen LogP contribution in [-0.4, -0.2) is 24.7 Å². The number of ether oxygens (including phenoxy) is 1. The van der Waals surface area contributed by atoms with Crippen molar-refractivity contribution in [3.05, 3.63) is 33.1 Å². The van der Waals surface area contributed by atoms with Gasteiger partial charge in [0.25, 0.3) is 5.69 Å². The van der Waals surface area contributed by atoms with Crippen molar-refractivity contribution in [2.75, 3.05) is 25.1 Å². The second-order valence-corrected chi connectivity index (χ2v) is 4.89. The minimum Gasteiger partial charge on any atom is -0.379 e. The van der Waals surface area contributed by atoms with Crippen LogP contribution in [0.15, 0.2) is 12.1 Å². The first-order valence-corrected chi connectivity index (χ1v) is 6.41. The first-order chi connectivity index (χ1) is 9.08. The van der Waals surface area contributed by atoms with E-state index in [9.17, 15) is 14.5 Å². The summed E-state index contributed by atoms with van der Waals surface area (Å²) in [5.74, 6) is -0.126. The number of rotatable bonds is 7. The Bertz CT molecular complexity index is 480. The summed E-state index contributed by atoms with van der Waals surface area (Å²) in [5, 5.41) is 13.5. The quantitative estimate of drug-likeness (QED) is 0.475. The Morgan fingerprint density at radius 2 is 2.26 bits per heavy atom. The average Bonchev–Trinajstić information content (AvgIpc) is 3.16. The largest absolute Gasteiger partial charge is 0.379 e. The van der Waals surface area contributed by atoms with Crippen LogP contribution in [0.5, 0.6) is 0 Å². The number of benzene rings is 1. The summed E-state index contributed by atoms with van der Waals surface area (Å²) in [4.78, 5) is 10.2. The maximum absolute atomic E-state index is 13.2. The van der Waals surface area contributed by atoms with Crippen molar-refractivity contribution in [3.8, 4) is 0 Å². The standard InChI is InChI=1S/C12H14ClFN2O3/c13-9-5-11(12(16(17)18)6-10(9)14)15-3-4-19-7-8-1-2-8/h5-6,8,15H,1-4,7H2. The maximum Gasteiger partial charge on any atom is 0.295 e. The highest BCUT2D eigenvalue weighted by molar-refractivity contribution is 6.31. The molecule has 1 fully saturated rings. The number of halogens is 2. The van der Waals surface area contributed by atoms with Crippen molar-refractivity contribution in [2.24, 2.45) is 5.92 Å². The number of nitrogens with zero attached hydrogens (tertiary/aromatic N) is 1. The molecule has 1 saturated carbocycles. The molecule has 2 rings (SSSR count). The van der Waals surface area contributed by atoms with Crippen LogP contribution in [0.2, 0.25) is 5.02 Å². The van der Waals surface area contributed by atoms with Crippen LogP contribution >= 0.6 is 11.6 Å². The van der Waals surface area contributed by atoms with Gasteiger partial charge in [0.1, 0.15) is 11.5 Å².